The van der Waals surface area contributed by atoms with Gasteiger partial charge in [-0.2, -0.15) is 0 Å². The number of rotatable bonds is 12. The molecular formula is C28H42N2O6. The first-order chi connectivity index (χ1) is 17.5. The third-order valence-electron chi connectivity index (χ3n) is 7.73. The third-order valence-corrected chi connectivity index (χ3v) is 7.73. The number of carboxylic acid groups (broad SMARTS) is 1. The summed E-state index contributed by atoms with van der Waals surface area (Å²) in [5.41, 5.74) is 2.16. The molecule has 4 atom stereocenters. The highest BCUT2D eigenvalue weighted by molar-refractivity contribution is 5.78. The minimum Gasteiger partial charge on any atom is -0.493 e. The van der Waals surface area contributed by atoms with Gasteiger partial charge in [-0.1, -0.05) is 26.0 Å². The maximum Gasteiger partial charge on any atom is 0.308 e. The molecule has 4 rings (SSSR count). The fraction of sp³-hybridized carbons (Fsp3) is 0.714. The Bertz CT molecular complexity index is 887. The van der Waals surface area contributed by atoms with Crippen molar-refractivity contribution in [3.8, 4) is 5.75 Å². The minimum absolute atomic E-state index is 0.101. The predicted octanol–water partition coefficient (Wildman–Crippen LogP) is 4.02. The van der Waals surface area contributed by atoms with Crippen molar-refractivity contribution in [2.75, 3.05) is 39.5 Å². The Morgan fingerprint density at radius 3 is 2.75 bits per heavy atom. The largest absolute Gasteiger partial charge is 0.493 e. The SMILES string of the molecule is CCCON(CCC)C(=O)CN1C[C@H](c2ccc3c(c2)CCO3)C(C(=O)O)[C@@H]1CCC1CCCCO1. The van der Waals surface area contributed by atoms with Crippen molar-refractivity contribution in [3.05, 3.63) is 29.3 Å². The first kappa shape index (κ1) is 26.9. The van der Waals surface area contributed by atoms with Gasteiger partial charge in [0.25, 0.3) is 5.91 Å². The lowest BCUT2D eigenvalue weighted by Crippen LogP contribution is -2.44. The predicted molar refractivity (Wildman–Crippen MR) is 136 cm³/mol. The summed E-state index contributed by atoms with van der Waals surface area (Å²) in [4.78, 5) is 33.8. The second-order valence-electron chi connectivity index (χ2n) is 10.3. The van der Waals surface area contributed by atoms with E-state index < -0.39 is 11.9 Å². The highest BCUT2D eigenvalue weighted by Gasteiger charge is 2.47. The number of carbonyl (C=O) groups excluding carboxylic acids is 1. The molecule has 1 aromatic carbocycles. The molecule has 0 aliphatic carbocycles. The molecule has 8 heteroatoms. The Morgan fingerprint density at radius 1 is 1.17 bits per heavy atom. The standard InChI is InChI=1S/C28H42N2O6/c1-3-13-30(36-14-4-2)26(31)19-29-18-23(20-8-11-25-21(17-20)12-16-35-25)27(28(32)33)24(29)10-9-22-7-5-6-15-34-22/h8,11,17,22-24,27H,3-7,9-10,12-16,18-19H2,1-2H3,(H,32,33)/t22?,23-,24+,27?/m1/s1. The summed E-state index contributed by atoms with van der Waals surface area (Å²) in [6, 6.07) is 5.85. The molecule has 2 unspecified atom stereocenters. The maximum atomic E-state index is 13.3. The number of amides is 1. The number of nitrogens with zero attached hydrogens (tertiary/aromatic N) is 2. The number of ether oxygens (including phenoxy) is 2. The molecule has 200 valence electrons. The van der Waals surface area contributed by atoms with Crippen LogP contribution < -0.4 is 4.74 Å². The lowest BCUT2D eigenvalue weighted by molar-refractivity contribution is -0.188. The Labute approximate surface area is 214 Å². The van der Waals surface area contributed by atoms with Crippen LogP contribution in [-0.2, 0) is 25.6 Å². The van der Waals surface area contributed by atoms with E-state index in [1.54, 1.807) is 0 Å². The van der Waals surface area contributed by atoms with Crippen molar-refractivity contribution in [1.29, 1.82) is 0 Å². The van der Waals surface area contributed by atoms with Gasteiger partial charge >= 0.3 is 5.97 Å². The zero-order valence-electron chi connectivity index (χ0n) is 21.8. The number of benzene rings is 1. The van der Waals surface area contributed by atoms with Gasteiger partial charge in [0.05, 0.1) is 31.8 Å². The van der Waals surface area contributed by atoms with E-state index in [0.717, 1.165) is 68.4 Å². The van der Waals surface area contributed by atoms with Gasteiger partial charge in [0.15, 0.2) is 0 Å². The fourth-order valence-corrected chi connectivity index (χ4v) is 5.94. The molecule has 2 fully saturated rings. The highest BCUT2D eigenvalue weighted by atomic mass is 16.7. The summed E-state index contributed by atoms with van der Waals surface area (Å²) in [6.45, 7) is 7.20. The molecule has 0 radical (unpaired) electrons. The van der Waals surface area contributed by atoms with E-state index in [4.69, 9.17) is 14.3 Å². The number of fused-ring (bicyclic) bond motifs is 1. The van der Waals surface area contributed by atoms with Crippen molar-refractivity contribution >= 4 is 11.9 Å². The van der Waals surface area contributed by atoms with Crippen LogP contribution in [0.3, 0.4) is 0 Å². The van der Waals surface area contributed by atoms with Gasteiger partial charge in [-0.15, -0.1) is 0 Å². The third kappa shape index (κ3) is 6.39. The monoisotopic (exact) mass is 502 g/mol. The molecule has 0 bridgehead atoms. The van der Waals surface area contributed by atoms with Crippen molar-refractivity contribution in [2.45, 2.75) is 83.3 Å². The van der Waals surface area contributed by atoms with E-state index in [1.807, 2.05) is 26.0 Å². The number of hydrogen-bond donors (Lipinski definition) is 1. The number of hydrogen-bond acceptors (Lipinski definition) is 6. The highest BCUT2D eigenvalue weighted by Crippen LogP contribution is 2.41. The van der Waals surface area contributed by atoms with E-state index in [-0.39, 0.29) is 30.5 Å². The second-order valence-corrected chi connectivity index (χ2v) is 10.3. The zero-order chi connectivity index (χ0) is 25.5. The number of carboxylic acids is 1. The Kier molecular flexibility index (Phi) is 9.62. The van der Waals surface area contributed by atoms with Crippen LogP contribution >= 0.6 is 0 Å². The molecule has 1 aromatic rings. The Hall–Kier alpha value is -2.16. The Morgan fingerprint density at radius 2 is 2.03 bits per heavy atom. The lowest BCUT2D eigenvalue weighted by Gasteiger charge is -2.31. The van der Waals surface area contributed by atoms with E-state index in [9.17, 15) is 14.7 Å². The molecule has 3 aliphatic heterocycles. The van der Waals surface area contributed by atoms with Gasteiger partial charge in [-0.05, 0) is 62.1 Å². The summed E-state index contributed by atoms with van der Waals surface area (Å²) in [6.07, 6.45) is 7.42. The molecule has 0 aromatic heterocycles. The van der Waals surface area contributed by atoms with Crippen molar-refractivity contribution in [2.24, 2.45) is 5.92 Å². The van der Waals surface area contributed by atoms with Crippen molar-refractivity contribution < 1.29 is 29.0 Å². The average Bonchev–Trinajstić information content (AvgIpc) is 3.50. The van der Waals surface area contributed by atoms with E-state index in [2.05, 4.69) is 11.0 Å². The van der Waals surface area contributed by atoms with Crippen molar-refractivity contribution in [3.63, 3.8) is 0 Å². The summed E-state index contributed by atoms with van der Waals surface area (Å²) in [5, 5.41) is 11.9. The second kappa shape index (κ2) is 12.9. The van der Waals surface area contributed by atoms with Gasteiger partial charge in [0.2, 0.25) is 0 Å². The first-order valence-corrected chi connectivity index (χ1v) is 13.8. The normalized spacial score (nSPS) is 25.9. The molecular weight excluding hydrogens is 460 g/mol. The van der Waals surface area contributed by atoms with Gasteiger partial charge in [-0.3, -0.25) is 19.3 Å². The van der Waals surface area contributed by atoms with Crippen LogP contribution in [0.15, 0.2) is 18.2 Å². The van der Waals surface area contributed by atoms with Crippen LogP contribution in [0.2, 0.25) is 0 Å². The molecule has 8 nitrogen and oxygen atoms in total. The molecule has 0 spiro atoms. The Balaban J connectivity index is 1.56. The average molecular weight is 503 g/mol. The molecule has 1 N–H and O–H groups in total. The van der Waals surface area contributed by atoms with Crippen LogP contribution in [0.25, 0.3) is 0 Å². The summed E-state index contributed by atoms with van der Waals surface area (Å²) in [7, 11) is 0. The molecule has 3 heterocycles. The number of likely N-dealkylation sites (tertiary alicyclic amines) is 1. The van der Waals surface area contributed by atoms with Crippen LogP contribution in [0.4, 0.5) is 0 Å². The minimum atomic E-state index is -0.797. The number of hydroxylamine groups is 2. The van der Waals surface area contributed by atoms with Crippen LogP contribution in [0.1, 0.15) is 75.8 Å². The molecule has 0 saturated carbocycles. The van der Waals surface area contributed by atoms with Gasteiger partial charge in [-0.25, -0.2) is 5.06 Å². The van der Waals surface area contributed by atoms with E-state index in [0.29, 0.717) is 32.7 Å². The fourth-order valence-electron chi connectivity index (χ4n) is 5.94. The molecule has 2 saturated heterocycles. The quantitative estimate of drug-likeness (QED) is 0.432. The van der Waals surface area contributed by atoms with Crippen LogP contribution in [-0.4, -0.2) is 78.5 Å². The topological polar surface area (TPSA) is 88.5 Å². The number of aliphatic carboxylic acids is 1. The van der Waals surface area contributed by atoms with Crippen LogP contribution in [0.5, 0.6) is 5.75 Å². The summed E-state index contributed by atoms with van der Waals surface area (Å²) >= 11 is 0. The maximum absolute atomic E-state index is 13.3. The lowest BCUT2D eigenvalue weighted by atomic mass is 9.82. The first-order valence-electron chi connectivity index (χ1n) is 13.8. The van der Waals surface area contributed by atoms with Gasteiger partial charge in [0, 0.05) is 38.1 Å². The van der Waals surface area contributed by atoms with Crippen LogP contribution in [0, 0.1) is 5.92 Å². The van der Waals surface area contributed by atoms with E-state index in [1.165, 1.54) is 5.06 Å². The molecule has 3 aliphatic rings. The number of carbonyl (C=O) groups is 2. The van der Waals surface area contributed by atoms with E-state index >= 15 is 0 Å². The summed E-state index contributed by atoms with van der Waals surface area (Å²) in [5.74, 6) is -0.775. The molecule has 1 amide bonds. The zero-order valence-corrected chi connectivity index (χ0v) is 21.8. The van der Waals surface area contributed by atoms with Gasteiger partial charge < -0.3 is 14.6 Å². The smallest absolute Gasteiger partial charge is 0.308 e. The molecule has 36 heavy (non-hydrogen) atoms. The van der Waals surface area contributed by atoms with Gasteiger partial charge in [0.1, 0.15) is 5.75 Å². The summed E-state index contributed by atoms with van der Waals surface area (Å²) < 4.78 is 11.6. The van der Waals surface area contributed by atoms with Crippen molar-refractivity contribution in [1.82, 2.24) is 9.96 Å².